The number of hydrogen-bond acceptors (Lipinski definition) is 3. The Labute approximate surface area is 120 Å². The van der Waals surface area contributed by atoms with E-state index in [-0.39, 0.29) is 17.5 Å². The van der Waals surface area contributed by atoms with Crippen molar-refractivity contribution in [2.24, 2.45) is 0 Å². The summed E-state index contributed by atoms with van der Waals surface area (Å²) in [6, 6.07) is 8.01. The van der Waals surface area contributed by atoms with Crippen LogP contribution in [0.5, 0.6) is 5.88 Å². The van der Waals surface area contributed by atoms with Crippen LogP contribution in [0, 0.1) is 5.82 Å². The monoisotopic (exact) mass is 287 g/mol. The molecule has 0 atom stereocenters. The van der Waals surface area contributed by atoms with Crippen molar-refractivity contribution in [3.8, 4) is 5.88 Å². The van der Waals surface area contributed by atoms with E-state index in [0.717, 1.165) is 12.0 Å². The van der Waals surface area contributed by atoms with Crippen molar-refractivity contribution in [3.63, 3.8) is 0 Å². The van der Waals surface area contributed by atoms with E-state index < -0.39 is 5.82 Å². The third-order valence-electron chi connectivity index (χ3n) is 4.01. The van der Waals surface area contributed by atoms with Crippen LogP contribution in [0.15, 0.2) is 24.3 Å². The van der Waals surface area contributed by atoms with Crippen LogP contribution >= 0.6 is 0 Å². The van der Waals surface area contributed by atoms with Crippen molar-refractivity contribution in [2.45, 2.75) is 19.5 Å². The predicted octanol–water partition coefficient (Wildman–Crippen LogP) is 1.61. The van der Waals surface area contributed by atoms with Crippen LogP contribution in [0.25, 0.3) is 0 Å². The molecule has 0 unspecified atom stereocenters. The summed E-state index contributed by atoms with van der Waals surface area (Å²) in [5, 5.41) is 4.05. The zero-order valence-corrected chi connectivity index (χ0v) is 11.4. The Morgan fingerprint density at radius 1 is 1.24 bits per heavy atom. The molecule has 0 radical (unpaired) electrons. The summed E-state index contributed by atoms with van der Waals surface area (Å²) in [4.78, 5) is 14.1. The van der Waals surface area contributed by atoms with Gasteiger partial charge in [-0.2, -0.15) is 9.49 Å². The van der Waals surface area contributed by atoms with Crippen LogP contribution in [0.3, 0.4) is 0 Å². The van der Waals surface area contributed by atoms with Crippen molar-refractivity contribution in [1.29, 1.82) is 0 Å². The van der Waals surface area contributed by atoms with Gasteiger partial charge in [0.05, 0.1) is 6.54 Å². The van der Waals surface area contributed by atoms with Gasteiger partial charge in [0.15, 0.2) is 5.69 Å². The second-order valence-corrected chi connectivity index (χ2v) is 5.28. The van der Waals surface area contributed by atoms with E-state index >= 15 is 0 Å². The minimum atomic E-state index is -0.642. The van der Waals surface area contributed by atoms with Gasteiger partial charge in [-0.25, -0.2) is 4.68 Å². The van der Waals surface area contributed by atoms with Crippen LogP contribution in [-0.2, 0) is 19.5 Å². The molecule has 6 heteroatoms. The number of amides is 1. The molecule has 2 aliphatic heterocycles. The third kappa shape index (κ3) is 1.90. The van der Waals surface area contributed by atoms with Crippen molar-refractivity contribution in [2.75, 3.05) is 13.2 Å². The summed E-state index contributed by atoms with van der Waals surface area (Å²) in [6.07, 6.45) is 0.785. The Kier molecular flexibility index (Phi) is 2.70. The highest BCUT2D eigenvalue weighted by molar-refractivity contribution is 5.93. The molecule has 0 saturated carbocycles. The van der Waals surface area contributed by atoms with Gasteiger partial charge in [-0.1, -0.05) is 24.3 Å². The molecule has 1 aromatic heterocycles. The lowest BCUT2D eigenvalue weighted by Gasteiger charge is -2.28. The molecule has 0 fully saturated rings. The molecule has 0 spiro atoms. The lowest BCUT2D eigenvalue weighted by Crippen LogP contribution is -2.36. The third-order valence-corrected chi connectivity index (χ3v) is 4.01. The average Bonchev–Trinajstić information content (AvgIpc) is 3.09. The maximum atomic E-state index is 14.2. The molecule has 0 saturated heterocycles. The number of ether oxygens (including phenoxy) is 1. The molecule has 0 bridgehead atoms. The summed E-state index contributed by atoms with van der Waals surface area (Å²) >= 11 is 0. The van der Waals surface area contributed by atoms with Gasteiger partial charge < -0.3 is 9.64 Å². The van der Waals surface area contributed by atoms with E-state index in [1.807, 2.05) is 18.2 Å². The maximum absolute atomic E-state index is 14.2. The van der Waals surface area contributed by atoms with E-state index in [0.29, 0.717) is 26.2 Å². The van der Waals surface area contributed by atoms with Crippen molar-refractivity contribution >= 4 is 5.91 Å². The van der Waals surface area contributed by atoms with Crippen LogP contribution < -0.4 is 4.74 Å². The molecule has 0 aliphatic carbocycles. The topological polar surface area (TPSA) is 47.4 Å². The molecule has 2 aliphatic rings. The van der Waals surface area contributed by atoms with Gasteiger partial charge in [-0.15, -0.1) is 0 Å². The fourth-order valence-electron chi connectivity index (χ4n) is 2.90. The van der Waals surface area contributed by atoms with Crippen LogP contribution in [0.4, 0.5) is 4.39 Å². The average molecular weight is 287 g/mol. The molecular weight excluding hydrogens is 273 g/mol. The summed E-state index contributed by atoms with van der Waals surface area (Å²) in [5.74, 6) is -0.931. The summed E-state index contributed by atoms with van der Waals surface area (Å²) in [6.45, 7) is 1.98. The Hall–Kier alpha value is -2.37. The van der Waals surface area contributed by atoms with Crippen LogP contribution in [-0.4, -0.2) is 33.7 Å². The Bertz CT molecular complexity index is 726. The lowest BCUT2D eigenvalue weighted by molar-refractivity contribution is 0.0722. The van der Waals surface area contributed by atoms with Crippen LogP contribution in [0.2, 0.25) is 0 Å². The molecule has 3 heterocycles. The zero-order valence-electron chi connectivity index (χ0n) is 11.4. The lowest BCUT2D eigenvalue weighted by atomic mass is 10.00. The summed E-state index contributed by atoms with van der Waals surface area (Å²) in [7, 11) is 0. The Balaban J connectivity index is 1.62. The molecule has 0 N–H and O–H groups in total. The first-order chi connectivity index (χ1) is 10.2. The standard InChI is InChI=1S/C15H14FN3O2/c16-12-13(17-19-7-8-21-15(12)19)14(20)18-6-5-10-3-1-2-4-11(10)9-18/h1-4H,5-9H2. The number of benzene rings is 1. The van der Waals surface area contributed by atoms with Crippen molar-refractivity contribution in [1.82, 2.24) is 14.7 Å². The van der Waals surface area contributed by atoms with Crippen molar-refractivity contribution < 1.29 is 13.9 Å². The van der Waals surface area contributed by atoms with Gasteiger partial charge >= 0.3 is 0 Å². The summed E-state index contributed by atoms with van der Waals surface area (Å²) in [5.41, 5.74) is 2.22. The second kappa shape index (κ2) is 4.58. The van der Waals surface area contributed by atoms with Gasteiger partial charge in [0, 0.05) is 13.1 Å². The minimum Gasteiger partial charge on any atom is -0.474 e. The van der Waals surface area contributed by atoms with Gasteiger partial charge in [0.25, 0.3) is 5.91 Å². The van der Waals surface area contributed by atoms with Gasteiger partial charge in [-0.05, 0) is 17.5 Å². The number of rotatable bonds is 1. The number of carbonyl (C=O) groups excluding carboxylic acids is 1. The van der Waals surface area contributed by atoms with E-state index in [1.54, 1.807) is 4.90 Å². The van der Waals surface area contributed by atoms with Gasteiger partial charge in [0.1, 0.15) is 6.61 Å². The normalized spacial score (nSPS) is 16.3. The second-order valence-electron chi connectivity index (χ2n) is 5.28. The molecule has 108 valence electrons. The zero-order chi connectivity index (χ0) is 14.4. The molecule has 4 rings (SSSR count). The Morgan fingerprint density at radius 2 is 2.05 bits per heavy atom. The smallest absolute Gasteiger partial charge is 0.277 e. The quantitative estimate of drug-likeness (QED) is 0.800. The molecule has 2 aromatic rings. The number of hydrogen-bond donors (Lipinski definition) is 0. The fraction of sp³-hybridized carbons (Fsp3) is 0.333. The molecule has 21 heavy (non-hydrogen) atoms. The predicted molar refractivity (Wildman–Crippen MR) is 72.6 cm³/mol. The highest BCUT2D eigenvalue weighted by Gasteiger charge is 2.31. The first kappa shape index (κ1) is 12.4. The number of carbonyl (C=O) groups is 1. The van der Waals surface area contributed by atoms with Gasteiger partial charge in [-0.3, -0.25) is 4.79 Å². The van der Waals surface area contributed by atoms with E-state index in [1.165, 1.54) is 10.2 Å². The largest absolute Gasteiger partial charge is 0.474 e. The first-order valence-corrected chi connectivity index (χ1v) is 6.99. The van der Waals surface area contributed by atoms with Gasteiger partial charge in [0.2, 0.25) is 11.7 Å². The first-order valence-electron chi connectivity index (χ1n) is 6.99. The minimum absolute atomic E-state index is 0.0794. The van der Waals surface area contributed by atoms with E-state index in [9.17, 15) is 9.18 Å². The Morgan fingerprint density at radius 3 is 2.86 bits per heavy atom. The summed E-state index contributed by atoms with van der Waals surface area (Å²) < 4.78 is 20.8. The van der Waals surface area contributed by atoms with Crippen LogP contribution in [0.1, 0.15) is 21.6 Å². The maximum Gasteiger partial charge on any atom is 0.277 e. The van der Waals surface area contributed by atoms with Crippen molar-refractivity contribution in [3.05, 3.63) is 46.9 Å². The molecule has 1 aromatic carbocycles. The number of aromatic nitrogens is 2. The molecule has 1 amide bonds. The number of halogens is 1. The fourth-order valence-corrected chi connectivity index (χ4v) is 2.90. The van der Waals surface area contributed by atoms with E-state index in [2.05, 4.69) is 11.2 Å². The molecule has 5 nitrogen and oxygen atoms in total. The highest BCUT2D eigenvalue weighted by Crippen LogP contribution is 2.27. The number of nitrogens with zero attached hydrogens (tertiary/aromatic N) is 3. The molecular formula is C15H14FN3O2. The van der Waals surface area contributed by atoms with E-state index in [4.69, 9.17) is 4.74 Å². The number of fused-ring (bicyclic) bond motifs is 2. The highest BCUT2D eigenvalue weighted by atomic mass is 19.1. The SMILES string of the molecule is O=C(c1nn2c(c1F)OCC2)N1CCc2ccccc2C1.